The lowest BCUT2D eigenvalue weighted by Crippen LogP contribution is -2.52. The Balaban J connectivity index is 4.05. The Hall–Kier alpha value is -1.06. The van der Waals surface area contributed by atoms with Crippen molar-refractivity contribution in [3.05, 3.63) is 0 Å². The van der Waals surface area contributed by atoms with Crippen LogP contribution in [0.3, 0.4) is 0 Å². The Bertz CT molecular complexity index is 291. The van der Waals surface area contributed by atoms with E-state index in [0.717, 1.165) is 19.3 Å². The minimum absolute atomic E-state index is 0.0539. The Morgan fingerprint density at radius 1 is 1.00 bits per heavy atom. The molecule has 0 saturated heterocycles. The molecule has 0 aromatic heterocycles. The maximum Gasteiger partial charge on any atom is 0.331 e. The van der Waals surface area contributed by atoms with Crippen LogP contribution in [0.15, 0.2) is 0 Å². The van der Waals surface area contributed by atoms with Gasteiger partial charge in [-0.25, -0.2) is 4.79 Å². The topological polar surface area (TPSA) is 55.4 Å². The number of hydrogen-bond donors (Lipinski definition) is 1. The molecule has 0 spiro atoms. The Morgan fingerprint density at radius 3 is 2.15 bits per heavy atom. The predicted octanol–water partition coefficient (Wildman–Crippen LogP) is 3.59. The van der Waals surface area contributed by atoms with E-state index >= 15 is 0 Å². The number of unbranched alkanes of at least 4 members (excludes halogenated alkanes) is 5. The average Bonchev–Trinajstić information content (AvgIpc) is 2.41. The lowest BCUT2D eigenvalue weighted by atomic mass is 9.95. The highest BCUT2D eigenvalue weighted by atomic mass is 16.5. The number of carbonyl (C=O) groups is 2. The Morgan fingerprint density at radius 2 is 1.60 bits per heavy atom. The summed E-state index contributed by atoms with van der Waals surface area (Å²) in [5.74, 6) is -0.419. The van der Waals surface area contributed by atoms with Gasteiger partial charge in [-0.2, -0.15) is 0 Å². The molecule has 0 rings (SSSR count). The van der Waals surface area contributed by atoms with Crippen molar-refractivity contribution in [1.82, 2.24) is 5.32 Å². The summed E-state index contributed by atoms with van der Waals surface area (Å²) < 4.78 is 4.79. The molecule has 20 heavy (non-hydrogen) atoms. The molecular weight excluding hydrogens is 254 g/mol. The van der Waals surface area contributed by atoms with E-state index in [0.29, 0.717) is 12.8 Å². The molecule has 0 aliphatic rings. The molecule has 1 N–H and O–H groups in total. The number of ether oxygens (including phenoxy) is 1. The van der Waals surface area contributed by atoms with Gasteiger partial charge in [0, 0.05) is 6.42 Å². The molecule has 0 aromatic rings. The summed E-state index contributed by atoms with van der Waals surface area (Å²) in [5, 5.41) is 2.83. The summed E-state index contributed by atoms with van der Waals surface area (Å²) >= 11 is 0. The molecule has 0 aliphatic heterocycles. The van der Waals surface area contributed by atoms with Gasteiger partial charge in [-0.15, -0.1) is 0 Å². The highest BCUT2D eigenvalue weighted by Crippen LogP contribution is 2.15. The second-order valence-corrected chi connectivity index (χ2v) is 5.64. The van der Waals surface area contributed by atoms with Gasteiger partial charge >= 0.3 is 5.97 Å². The molecular formula is C16H31NO3. The van der Waals surface area contributed by atoms with E-state index in [-0.39, 0.29) is 11.9 Å². The number of hydrogen-bond acceptors (Lipinski definition) is 3. The maximum atomic E-state index is 11.9. The summed E-state index contributed by atoms with van der Waals surface area (Å²) in [6, 6.07) is 0. The number of nitrogens with one attached hydrogen (secondary N) is 1. The van der Waals surface area contributed by atoms with Gasteiger partial charge in [-0.3, -0.25) is 4.79 Å². The first kappa shape index (κ1) is 18.9. The van der Waals surface area contributed by atoms with Crippen molar-refractivity contribution in [2.75, 3.05) is 7.11 Å². The SMILES string of the molecule is CCCCCCCCC(=O)NC(C)(CCC)C(=O)OC. The van der Waals surface area contributed by atoms with Crippen molar-refractivity contribution in [3.8, 4) is 0 Å². The molecule has 118 valence electrons. The van der Waals surface area contributed by atoms with E-state index in [2.05, 4.69) is 12.2 Å². The summed E-state index contributed by atoms with van der Waals surface area (Å²) in [7, 11) is 1.36. The molecule has 0 radical (unpaired) electrons. The minimum atomic E-state index is -0.886. The molecule has 0 heterocycles. The molecule has 0 saturated carbocycles. The quantitative estimate of drug-likeness (QED) is 0.466. The summed E-state index contributed by atoms with van der Waals surface area (Å²) in [5.41, 5.74) is -0.886. The number of esters is 1. The van der Waals surface area contributed by atoms with Gasteiger partial charge in [0.2, 0.25) is 5.91 Å². The van der Waals surface area contributed by atoms with Crippen LogP contribution in [0.1, 0.15) is 78.6 Å². The van der Waals surface area contributed by atoms with Crippen molar-refractivity contribution < 1.29 is 14.3 Å². The first-order valence-corrected chi connectivity index (χ1v) is 7.89. The van der Waals surface area contributed by atoms with Gasteiger partial charge in [-0.1, -0.05) is 52.4 Å². The molecule has 1 unspecified atom stereocenters. The van der Waals surface area contributed by atoms with E-state index in [1.54, 1.807) is 6.92 Å². The molecule has 4 heteroatoms. The normalized spacial score (nSPS) is 13.6. The first-order valence-electron chi connectivity index (χ1n) is 7.89. The molecule has 0 aromatic carbocycles. The van der Waals surface area contributed by atoms with Crippen molar-refractivity contribution in [1.29, 1.82) is 0 Å². The van der Waals surface area contributed by atoms with Crippen LogP contribution in [0, 0.1) is 0 Å². The van der Waals surface area contributed by atoms with E-state index in [4.69, 9.17) is 4.74 Å². The van der Waals surface area contributed by atoms with Crippen molar-refractivity contribution >= 4 is 11.9 Å². The maximum absolute atomic E-state index is 11.9. The highest BCUT2D eigenvalue weighted by molar-refractivity contribution is 5.87. The predicted molar refractivity (Wildman–Crippen MR) is 81.5 cm³/mol. The average molecular weight is 285 g/mol. The Kier molecular flexibility index (Phi) is 10.1. The van der Waals surface area contributed by atoms with E-state index in [1.807, 2.05) is 6.92 Å². The second-order valence-electron chi connectivity index (χ2n) is 5.64. The fourth-order valence-electron chi connectivity index (χ4n) is 2.38. The molecule has 4 nitrogen and oxygen atoms in total. The van der Waals surface area contributed by atoms with Crippen LogP contribution >= 0.6 is 0 Å². The molecule has 0 fully saturated rings. The highest BCUT2D eigenvalue weighted by Gasteiger charge is 2.34. The standard InChI is InChI=1S/C16H31NO3/c1-5-7-8-9-10-11-12-14(18)17-16(3,13-6-2)15(19)20-4/h5-13H2,1-4H3,(H,17,18). The monoisotopic (exact) mass is 285 g/mol. The Labute approximate surface area is 123 Å². The van der Waals surface area contributed by atoms with Gasteiger partial charge in [0.1, 0.15) is 5.54 Å². The number of rotatable bonds is 11. The number of amides is 1. The smallest absolute Gasteiger partial charge is 0.331 e. The van der Waals surface area contributed by atoms with Crippen molar-refractivity contribution in [2.45, 2.75) is 84.1 Å². The van der Waals surface area contributed by atoms with Gasteiger partial charge in [0.05, 0.1) is 7.11 Å². The third-order valence-electron chi connectivity index (χ3n) is 3.56. The lowest BCUT2D eigenvalue weighted by Gasteiger charge is -2.27. The summed E-state index contributed by atoms with van der Waals surface area (Å²) in [6.07, 6.45) is 8.80. The van der Waals surface area contributed by atoms with Crippen molar-refractivity contribution in [2.24, 2.45) is 0 Å². The zero-order valence-corrected chi connectivity index (χ0v) is 13.6. The fraction of sp³-hybridized carbons (Fsp3) is 0.875. The zero-order chi connectivity index (χ0) is 15.4. The third kappa shape index (κ3) is 7.51. The zero-order valence-electron chi connectivity index (χ0n) is 13.6. The van der Waals surface area contributed by atoms with E-state index < -0.39 is 5.54 Å². The minimum Gasteiger partial charge on any atom is -0.467 e. The fourth-order valence-corrected chi connectivity index (χ4v) is 2.38. The summed E-state index contributed by atoms with van der Waals surface area (Å²) in [6.45, 7) is 5.91. The molecule has 0 aliphatic carbocycles. The van der Waals surface area contributed by atoms with Crippen LogP contribution in [0.5, 0.6) is 0 Å². The largest absolute Gasteiger partial charge is 0.467 e. The van der Waals surface area contributed by atoms with Crippen LogP contribution in [-0.4, -0.2) is 24.5 Å². The summed E-state index contributed by atoms with van der Waals surface area (Å²) in [4.78, 5) is 23.7. The second kappa shape index (κ2) is 10.7. The van der Waals surface area contributed by atoms with Crippen LogP contribution in [0.4, 0.5) is 0 Å². The van der Waals surface area contributed by atoms with Crippen LogP contribution in [0.25, 0.3) is 0 Å². The van der Waals surface area contributed by atoms with Gasteiger partial charge in [-0.05, 0) is 19.8 Å². The van der Waals surface area contributed by atoms with E-state index in [9.17, 15) is 9.59 Å². The van der Waals surface area contributed by atoms with Gasteiger partial charge < -0.3 is 10.1 Å². The molecule has 1 atom stereocenters. The van der Waals surface area contributed by atoms with Crippen LogP contribution in [-0.2, 0) is 14.3 Å². The molecule has 0 bridgehead atoms. The van der Waals surface area contributed by atoms with Crippen LogP contribution in [0.2, 0.25) is 0 Å². The van der Waals surface area contributed by atoms with Gasteiger partial charge in [0.25, 0.3) is 0 Å². The van der Waals surface area contributed by atoms with Crippen molar-refractivity contribution in [3.63, 3.8) is 0 Å². The third-order valence-corrected chi connectivity index (χ3v) is 3.56. The van der Waals surface area contributed by atoms with E-state index in [1.165, 1.54) is 32.8 Å². The van der Waals surface area contributed by atoms with Gasteiger partial charge in [0.15, 0.2) is 0 Å². The first-order chi connectivity index (χ1) is 9.50. The molecule has 1 amide bonds. The lowest BCUT2D eigenvalue weighted by molar-refractivity contribution is -0.150. The number of methoxy groups -OCH3 is 1. The number of carbonyl (C=O) groups excluding carboxylic acids is 2. The van der Waals surface area contributed by atoms with Crippen LogP contribution < -0.4 is 5.32 Å².